The molecule has 0 fully saturated rings. The molecule has 1 unspecified atom stereocenters. The van der Waals surface area contributed by atoms with Crippen LogP contribution in [0.25, 0.3) is 0 Å². The van der Waals surface area contributed by atoms with Crippen LogP contribution in [0.15, 0.2) is 18.3 Å². The Kier molecular flexibility index (Phi) is 5.29. The summed E-state index contributed by atoms with van der Waals surface area (Å²) in [6.07, 6.45) is 1.96. The van der Waals surface area contributed by atoms with E-state index < -0.39 is 0 Å². The largest absolute Gasteiger partial charge is 0.316 e. The first-order chi connectivity index (χ1) is 8.34. The summed E-state index contributed by atoms with van der Waals surface area (Å²) in [6.45, 7) is 10.9. The zero-order valence-electron chi connectivity index (χ0n) is 12.6. The number of aromatic nitrogens is 1. The Morgan fingerprint density at radius 3 is 2.44 bits per heavy atom. The number of rotatable bonds is 5. The van der Waals surface area contributed by atoms with Crippen molar-refractivity contribution in [2.24, 2.45) is 5.41 Å². The Hall–Kier alpha value is -0.930. The molecule has 0 aliphatic rings. The van der Waals surface area contributed by atoms with E-state index in [0.717, 1.165) is 18.8 Å². The quantitative estimate of drug-likeness (QED) is 0.869. The monoisotopic (exact) mass is 249 g/mol. The van der Waals surface area contributed by atoms with Gasteiger partial charge >= 0.3 is 0 Å². The van der Waals surface area contributed by atoms with Crippen molar-refractivity contribution >= 4 is 0 Å². The van der Waals surface area contributed by atoms with E-state index in [-0.39, 0.29) is 0 Å². The van der Waals surface area contributed by atoms with Gasteiger partial charge in [0.15, 0.2) is 0 Å². The summed E-state index contributed by atoms with van der Waals surface area (Å²) in [5.74, 6) is 0. The summed E-state index contributed by atoms with van der Waals surface area (Å²) >= 11 is 0. The predicted molar refractivity (Wildman–Crippen MR) is 77.4 cm³/mol. The summed E-state index contributed by atoms with van der Waals surface area (Å²) in [4.78, 5) is 6.88. The molecule has 0 aromatic carbocycles. The van der Waals surface area contributed by atoms with Gasteiger partial charge in [-0.1, -0.05) is 26.8 Å². The van der Waals surface area contributed by atoms with Crippen molar-refractivity contribution < 1.29 is 0 Å². The summed E-state index contributed by atoms with van der Waals surface area (Å²) in [5.41, 5.74) is 2.65. The van der Waals surface area contributed by atoms with Crippen molar-refractivity contribution in [3.05, 3.63) is 29.6 Å². The predicted octanol–water partition coefficient (Wildman–Crippen LogP) is 2.67. The molecule has 18 heavy (non-hydrogen) atoms. The van der Waals surface area contributed by atoms with E-state index in [1.165, 1.54) is 5.56 Å². The second kappa shape index (κ2) is 6.30. The van der Waals surface area contributed by atoms with Gasteiger partial charge in [0.1, 0.15) is 0 Å². The van der Waals surface area contributed by atoms with Crippen LogP contribution in [0.5, 0.6) is 0 Å². The van der Waals surface area contributed by atoms with Gasteiger partial charge in [0, 0.05) is 25.3 Å². The Morgan fingerprint density at radius 1 is 1.33 bits per heavy atom. The van der Waals surface area contributed by atoms with Crippen molar-refractivity contribution in [3.63, 3.8) is 0 Å². The van der Waals surface area contributed by atoms with E-state index in [2.05, 4.69) is 62.1 Å². The first-order valence-corrected chi connectivity index (χ1v) is 6.63. The summed E-state index contributed by atoms with van der Waals surface area (Å²) in [7, 11) is 4.12. The normalized spacial score (nSPS) is 13.9. The lowest BCUT2D eigenvalue weighted by Gasteiger charge is -2.35. The van der Waals surface area contributed by atoms with Crippen LogP contribution in [0.3, 0.4) is 0 Å². The molecule has 1 atom stereocenters. The van der Waals surface area contributed by atoms with Gasteiger partial charge < -0.3 is 5.32 Å². The van der Waals surface area contributed by atoms with Gasteiger partial charge in [0.05, 0.1) is 5.69 Å². The minimum Gasteiger partial charge on any atom is -0.316 e. The first kappa shape index (κ1) is 15.1. The van der Waals surface area contributed by atoms with Crippen LogP contribution in [0.1, 0.15) is 39.0 Å². The number of pyridine rings is 1. The van der Waals surface area contributed by atoms with Crippen molar-refractivity contribution in [2.45, 2.75) is 46.8 Å². The Labute approximate surface area is 112 Å². The molecule has 0 aliphatic heterocycles. The van der Waals surface area contributed by atoms with Crippen LogP contribution in [0.2, 0.25) is 0 Å². The van der Waals surface area contributed by atoms with E-state index in [1.807, 2.05) is 13.2 Å². The van der Waals surface area contributed by atoms with Crippen LogP contribution in [0, 0.1) is 5.41 Å². The zero-order valence-corrected chi connectivity index (χ0v) is 12.6. The molecule has 0 radical (unpaired) electrons. The third-order valence-electron chi connectivity index (χ3n) is 3.59. The molecule has 1 aromatic heterocycles. The van der Waals surface area contributed by atoms with Crippen LogP contribution in [-0.2, 0) is 13.1 Å². The maximum Gasteiger partial charge on any atom is 0.0544 e. The SMILES string of the molecule is CNCc1ccc(CN(C)C(C)C(C)(C)C)nc1. The molecule has 0 spiro atoms. The highest BCUT2D eigenvalue weighted by Gasteiger charge is 2.23. The van der Waals surface area contributed by atoms with Crippen LogP contribution >= 0.6 is 0 Å². The Bertz CT molecular complexity index is 351. The van der Waals surface area contributed by atoms with Gasteiger partial charge in [-0.3, -0.25) is 9.88 Å². The maximum absolute atomic E-state index is 4.52. The lowest BCUT2D eigenvalue weighted by molar-refractivity contribution is 0.133. The minimum absolute atomic E-state index is 0.292. The fourth-order valence-electron chi connectivity index (χ4n) is 1.91. The number of nitrogens with zero attached hydrogens (tertiary/aromatic N) is 2. The van der Waals surface area contributed by atoms with Gasteiger partial charge in [-0.15, -0.1) is 0 Å². The molecule has 1 rings (SSSR count). The average molecular weight is 249 g/mol. The van der Waals surface area contributed by atoms with Crippen LogP contribution < -0.4 is 5.32 Å². The topological polar surface area (TPSA) is 28.2 Å². The molecule has 0 aliphatic carbocycles. The van der Waals surface area contributed by atoms with Crippen molar-refractivity contribution in [1.29, 1.82) is 0 Å². The fourth-order valence-corrected chi connectivity index (χ4v) is 1.91. The number of hydrogen-bond donors (Lipinski definition) is 1. The number of hydrogen-bond acceptors (Lipinski definition) is 3. The van der Waals surface area contributed by atoms with Crippen molar-refractivity contribution in [1.82, 2.24) is 15.2 Å². The molecule has 3 nitrogen and oxygen atoms in total. The maximum atomic E-state index is 4.52. The summed E-state index contributed by atoms with van der Waals surface area (Å²) < 4.78 is 0. The molecular weight excluding hydrogens is 222 g/mol. The highest BCUT2D eigenvalue weighted by molar-refractivity contribution is 5.14. The molecule has 0 amide bonds. The van der Waals surface area contributed by atoms with Crippen molar-refractivity contribution in [3.8, 4) is 0 Å². The van der Waals surface area contributed by atoms with E-state index in [4.69, 9.17) is 0 Å². The molecular formula is C15H27N3. The highest BCUT2D eigenvalue weighted by atomic mass is 15.1. The molecule has 1 heterocycles. The molecule has 0 saturated heterocycles. The minimum atomic E-state index is 0.292. The van der Waals surface area contributed by atoms with Gasteiger partial charge in [-0.05, 0) is 38.1 Å². The van der Waals surface area contributed by atoms with Gasteiger partial charge in [-0.2, -0.15) is 0 Å². The Balaban J connectivity index is 2.62. The molecule has 0 bridgehead atoms. The summed E-state index contributed by atoms with van der Waals surface area (Å²) in [5, 5.41) is 3.13. The standard InChI is InChI=1S/C15H27N3/c1-12(15(2,3)4)18(6)11-14-8-7-13(9-16-5)10-17-14/h7-8,10,12,16H,9,11H2,1-6H3. The number of nitrogens with one attached hydrogen (secondary N) is 1. The third-order valence-corrected chi connectivity index (χ3v) is 3.59. The molecule has 1 N–H and O–H groups in total. The fraction of sp³-hybridized carbons (Fsp3) is 0.667. The van der Waals surface area contributed by atoms with Crippen LogP contribution in [0.4, 0.5) is 0 Å². The van der Waals surface area contributed by atoms with Gasteiger partial charge in [-0.25, -0.2) is 0 Å². The third kappa shape index (κ3) is 4.39. The smallest absolute Gasteiger partial charge is 0.0544 e. The molecule has 3 heteroatoms. The molecule has 102 valence electrons. The second-order valence-electron chi connectivity index (χ2n) is 6.15. The lowest BCUT2D eigenvalue weighted by Crippen LogP contribution is -2.38. The van der Waals surface area contributed by atoms with Gasteiger partial charge in [0.25, 0.3) is 0 Å². The van der Waals surface area contributed by atoms with Crippen molar-refractivity contribution in [2.75, 3.05) is 14.1 Å². The second-order valence-corrected chi connectivity index (χ2v) is 6.15. The highest BCUT2D eigenvalue weighted by Crippen LogP contribution is 2.23. The van der Waals surface area contributed by atoms with E-state index in [0.29, 0.717) is 11.5 Å². The van der Waals surface area contributed by atoms with E-state index >= 15 is 0 Å². The van der Waals surface area contributed by atoms with Gasteiger partial charge in [0.2, 0.25) is 0 Å². The Morgan fingerprint density at radius 2 is 2.00 bits per heavy atom. The van der Waals surface area contributed by atoms with Crippen LogP contribution in [-0.4, -0.2) is 30.0 Å². The first-order valence-electron chi connectivity index (χ1n) is 6.63. The molecule has 1 aromatic rings. The van der Waals surface area contributed by atoms with E-state index in [1.54, 1.807) is 0 Å². The molecule has 0 saturated carbocycles. The zero-order chi connectivity index (χ0) is 13.8. The lowest BCUT2D eigenvalue weighted by atomic mass is 9.87. The van der Waals surface area contributed by atoms with E-state index in [9.17, 15) is 0 Å². The summed E-state index contributed by atoms with van der Waals surface area (Å²) in [6, 6.07) is 4.80. The average Bonchev–Trinajstić information content (AvgIpc) is 2.30.